The molecule has 16 heavy (non-hydrogen) atoms. The molecule has 0 N–H and O–H groups in total. The highest BCUT2D eigenvalue weighted by atomic mass is 14.5. The average Bonchev–Trinajstić information content (AvgIpc) is 2.26. The van der Waals surface area contributed by atoms with Crippen molar-refractivity contribution in [3.05, 3.63) is 11.6 Å². The molecule has 0 radical (unpaired) electrons. The molecule has 1 unspecified atom stereocenters. The third-order valence-electron chi connectivity index (χ3n) is 4.69. The smallest absolute Gasteiger partial charge is 0.0658 e. The van der Waals surface area contributed by atoms with Crippen LogP contribution in [0.2, 0.25) is 0 Å². The summed E-state index contributed by atoms with van der Waals surface area (Å²) in [4.78, 5) is 0. The Balaban J connectivity index is 2.24. The highest BCUT2D eigenvalue weighted by molar-refractivity contribution is 5.13. The van der Waals surface area contributed by atoms with Crippen LogP contribution in [0.25, 0.3) is 0 Å². The Kier molecular flexibility index (Phi) is 3.38. The zero-order chi connectivity index (χ0) is 11.7. The molecule has 0 amide bonds. The number of nitriles is 1. The van der Waals surface area contributed by atoms with E-state index in [4.69, 9.17) is 0 Å². The lowest BCUT2D eigenvalue weighted by atomic mass is 9.60. The summed E-state index contributed by atoms with van der Waals surface area (Å²) in [6.45, 7) is 6.93. The lowest BCUT2D eigenvalue weighted by molar-refractivity contribution is 0.104. The van der Waals surface area contributed by atoms with Crippen molar-refractivity contribution in [3.8, 4) is 6.07 Å². The van der Waals surface area contributed by atoms with Gasteiger partial charge in [0.25, 0.3) is 0 Å². The van der Waals surface area contributed by atoms with Crippen molar-refractivity contribution >= 4 is 0 Å². The van der Waals surface area contributed by atoms with Crippen molar-refractivity contribution in [2.24, 2.45) is 29.6 Å². The molecule has 2 aliphatic rings. The van der Waals surface area contributed by atoms with Gasteiger partial charge in [-0.25, -0.2) is 0 Å². The molecule has 1 nitrogen and oxygen atoms in total. The van der Waals surface area contributed by atoms with Crippen LogP contribution in [-0.2, 0) is 0 Å². The van der Waals surface area contributed by atoms with Gasteiger partial charge in [0, 0.05) is 5.92 Å². The van der Waals surface area contributed by atoms with Crippen LogP contribution >= 0.6 is 0 Å². The van der Waals surface area contributed by atoms with Crippen LogP contribution in [-0.4, -0.2) is 0 Å². The van der Waals surface area contributed by atoms with Gasteiger partial charge in [-0.15, -0.1) is 0 Å². The van der Waals surface area contributed by atoms with Crippen LogP contribution in [0.15, 0.2) is 11.6 Å². The SMILES string of the molecule is CC1=C[C@H]2[C@@H](C(C)C)CCC(C#N)[C@@H]2CC1. The van der Waals surface area contributed by atoms with Gasteiger partial charge in [-0.2, -0.15) is 5.26 Å². The summed E-state index contributed by atoms with van der Waals surface area (Å²) in [6.07, 6.45) is 7.33. The summed E-state index contributed by atoms with van der Waals surface area (Å²) in [5, 5.41) is 9.25. The van der Waals surface area contributed by atoms with E-state index < -0.39 is 0 Å². The van der Waals surface area contributed by atoms with Gasteiger partial charge < -0.3 is 0 Å². The predicted octanol–water partition coefficient (Wildman–Crippen LogP) is 4.16. The summed E-state index contributed by atoms with van der Waals surface area (Å²) in [7, 11) is 0. The van der Waals surface area contributed by atoms with Crippen LogP contribution in [0.4, 0.5) is 0 Å². The molecule has 0 aromatic rings. The molecule has 1 saturated carbocycles. The van der Waals surface area contributed by atoms with Gasteiger partial charge in [0.05, 0.1) is 6.07 Å². The molecule has 0 bridgehead atoms. The molecule has 1 heteroatoms. The lowest BCUT2D eigenvalue weighted by Gasteiger charge is -2.44. The minimum atomic E-state index is 0.323. The van der Waals surface area contributed by atoms with Crippen molar-refractivity contribution in [2.75, 3.05) is 0 Å². The summed E-state index contributed by atoms with van der Waals surface area (Å²) in [5.41, 5.74) is 1.55. The largest absolute Gasteiger partial charge is 0.198 e. The van der Waals surface area contributed by atoms with Gasteiger partial charge in [0.1, 0.15) is 0 Å². The van der Waals surface area contributed by atoms with Gasteiger partial charge in [-0.1, -0.05) is 25.5 Å². The Morgan fingerprint density at radius 2 is 2.06 bits per heavy atom. The average molecular weight is 217 g/mol. The zero-order valence-electron chi connectivity index (χ0n) is 10.7. The topological polar surface area (TPSA) is 23.8 Å². The van der Waals surface area contributed by atoms with E-state index in [1.807, 2.05) is 0 Å². The normalized spacial score (nSPS) is 38.8. The number of hydrogen-bond acceptors (Lipinski definition) is 1. The van der Waals surface area contributed by atoms with Crippen molar-refractivity contribution in [3.63, 3.8) is 0 Å². The van der Waals surface area contributed by atoms with Crippen LogP contribution in [0.3, 0.4) is 0 Å². The zero-order valence-corrected chi connectivity index (χ0v) is 10.7. The highest BCUT2D eigenvalue weighted by Crippen LogP contribution is 2.47. The van der Waals surface area contributed by atoms with Crippen LogP contribution in [0.1, 0.15) is 46.5 Å². The van der Waals surface area contributed by atoms with Gasteiger partial charge in [-0.05, 0) is 56.3 Å². The van der Waals surface area contributed by atoms with E-state index in [1.54, 1.807) is 5.57 Å². The Bertz CT molecular complexity index is 321. The number of allylic oxidation sites excluding steroid dienone is 2. The van der Waals surface area contributed by atoms with Crippen molar-refractivity contribution in [1.29, 1.82) is 5.26 Å². The molecule has 4 atom stereocenters. The Labute approximate surface area is 99.5 Å². The second kappa shape index (κ2) is 4.62. The first-order valence-corrected chi connectivity index (χ1v) is 6.70. The highest BCUT2D eigenvalue weighted by Gasteiger charge is 2.40. The van der Waals surface area contributed by atoms with E-state index in [1.165, 1.54) is 19.3 Å². The standard InChI is InChI=1S/C15H23N/c1-10(2)13-7-5-12(9-16)14-6-4-11(3)8-15(13)14/h8,10,12-15H,4-7H2,1-3H3/t12?,13-,14+,15+/m1/s1. The fourth-order valence-corrected chi connectivity index (χ4v) is 3.75. The minimum Gasteiger partial charge on any atom is -0.198 e. The summed E-state index contributed by atoms with van der Waals surface area (Å²) in [6, 6.07) is 2.55. The molecule has 2 aliphatic carbocycles. The van der Waals surface area contributed by atoms with Gasteiger partial charge in [-0.3, -0.25) is 0 Å². The Hall–Kier alpha value is -0.770. The minimum absolute atomic E-state index is 0.323. The third kappa shape index (κ3) is 2.03. The van der Waals surface area contributed by atoms with E-state index in [2.05, 4.69) is 32.9 Å². The summed E-state index contributed by atoms with van der Waals surface area (Å²) < 4.78 is 0. The quantitative estimate of drug-likeness (QED) is 0.605. The fourth-order valence-electron chi connectivity index (χ4n) is 3.75. The molecule has 0 aromatic carbocycles. The van der Waals surface area contributed by atoms with E-state index in [0.29, 0.717) is 17.8 Å². The molecule has 0 spiro atoms. The predicted molar refractivity (Wildman–Crippen MR) is 66.6 cm³/mol. The summed E-state index contributed by atoms with van der Waals surface area (Å²) in [5.74, 6) is 3.23. The molecule has 1 fully saturated rings. The van der Waals surface area contributed by atoms with Gasteiger partial charge in [0.2, 0.25) is 0 Å². The van der Waals surface area contributed by atoms with E-state index >= 15 is 0 Å². The third-order valence-corrected chi connectivity index (χ3v) is 4.69. The van der Waals surface area contributed by atoms with Crippen molar-refractivity contribution < 1.29 is 0 Å². The first-order chi connectivity index (χ1) is 7.63. The number of rotatable bonds is 1. The van der Waals surface area contributed by atoms with Crippen LogP contribution in [0.5, 0.6) is 0 Å². The molecule has 0 heterocycles. The van der Waals surface area contributed by atoms with Gasteiger partial charge in [0.15, 0.2) is 0 Å². The van der Waals surface area contributed by atoms with E-state index in [0.717, 1.165) is 18.3 Å². The number of nitrogens with zero attached hydrogens (tertiary/aromatic N) is 1. The molecule has 2 rings (SSSR count). The molecular weight excluding hydrogens is 194 g/mol. The second-order valence-electron chi connectivity index (χ2n) is 6.01. The summed E-state index contributed by atoms with van der Waals surface area (Å²) >= 11 is 0. The van der Waals surface area contributed by atoms with E-state index in [9.17, 15) is 5.26 Å². The first-order valence-electron chi connectivity index (χ1n) is 6.70. The molecule has 0 aliphatic heterocycles. The lowest BCUT2D eigenvalue weighted by Crippen LogP contribution is -2.37. The number of hydrogen-bond donors (Lipinski definition) is 0. The van der Waals surface area contributed by atoms with Crippen LogP contribution < -0.4 is 0 Å². The molecule has 0 aromatic heterocycles. The Morgan fingerprint density at radius 1 is 1.31 bits per heavy atom. The second-order valence-corrected chi connectivity index (χ2v) is 6.01. The molecular formula is C15H23N. The maximum Gasteiger partial charge on any atom is 0.0658 e. The van der Waals surface area contributed by atoms with E-state index in [-0.39, 0.29) is 0 Å². The van der Waals surface area contributed by atoms with Gasteiger partial charge >= 0.3 is 0 Å². The fraction of sp³-hybridized carbons (Fsp3) is 0.800. The first kappa shape index (κ1) is 11.7. The van der Waals surface area contributed by atoms with Crippen molar-refractivity contribution in [2.45, 2.75) is 46.5 Å². The van der Waals surface area contributed by atoms with Crippen molar-refractivity contribution in [1.82, 2.24) is 0 Å². The monoisotopic (exact) mass is 217 g/mol. The molecule has 88 valence electrons. The number of fused-ring (bicyclic) bond motifs is 1. The Morgan fingerprint density at radius 3 is 2.69 bits per heavy atom. The van der Waals surface area contributed by atoms with Crippen LogP contribution in [0, 0.1) is 40.9 Å². The molecule has 0 saturated heterocycles. The maximum atomic E-state index is 9.25. The maximum absolute atomic E-state index is 9.25.